The van der Waals surface area contributed by atoms with E-state index < -0.39 is 0 Å². The summed E-state index contributed by atoms with van der Waals surface area (Å²) in [5, 5.41) is 3.69. The lowest BCUT2D eigenvalue weighted by molar-refractivity contribution is 0.181. The molecule has 0 aliphatic heterocycles. The predicted octanol–water partition coefficient (Wildman–Crippen LogP) is 2.82. The summed E-state index contributed by atoms with van der Waals surface area (Å²) in [6.07, 6.45) is 9.05. The number of nitrogens with zero attached hydrogens (tertiary/aromatic N) is 2. The minimum absolute atomic E-state index is 0.656. The summed E-state index contributed by atoms with van der Waals surface area (Å²) in [7, 11) is 0. The number of likely N-dealkylation sites (N-methyl/N-ethyl adjacent to an activating group) is 1. The second kappa shape index (κ2) is 7.61. The van der Waals surface area contributed by atoms with Crippen LogP contribution >= 0.6 is 0 Å². The van der Waals surface area contributed by atoms with Gasteiger partial charge in [-0.3, -0.25) is 9.88 Å². The standard InChI is InChI=1S/C16H27N3/c1-3-5-16(12-18-15-6-7-15)19(4-2)13-14-8-10-17-11-9-14/h8-11,15-16,18H,3-7,12-13H2,1-2H3. The van der Waals surface area contributed by atoms with Gasteiger partial charge < -0.3 is 5.32 Å². The van der Waals surface area contributed by atoms with Crippen molar-refractivity contribution in [3.8, 4) is 0 Å². The van der Waals surface area contributed by atoms with E-state index in [-0.39, 0.29) is 0 Å². The molecule has 1 N–H and O–H groups in total. The van der Waals surface area contributed by atoms with E-state index in [1.165, 1.54) is 31.2 Å². The van der Waals surface area contributed by atoms with Gasteiger partial charge in [0, 0.05) is 37.6 Å². The Kier molecular flexibility index (Phi) is 5.80. The smallest absolute Gasteiger partial charge is 0.0271 e. The van der Waals surface area contributed by atoms with Gasteiger partial charge in [-0.1, -0.05) is 20.3 Å². The molecule has 3 nitrogen and oxygen atoms in total. The van der Waals surface area contributed by atoms with Crippen molar-refractivity contribution in [3.63, 3.8) is 0 Å². The van der Waals surface area contributed by atoms with Crippen LogP contribution in [0.2, 0.25) is 0 Å². The Morgan fingerprint density at radius 2 is 2.05 bits per heavy atom. The van der Waals surface area contributed by atoms with Crippen LogP contribution in [0.1, 0.15) is 45.1 Å². The molecule has 1 atom stereocenters. The molecule has 0 aromatic carbocycles. The highest BCUT2D eigenvalue weighted by molar-refractivity contribution is 5.09. The molecule has 1 saturated carbocycles. The minimum Gasteiger partial charge on any atom is -0.312 e. The third kappa shape index (κ3) is 4.92. The highest BCUT2D eigenvalue weighted by Gasteiger charge is 2.23. The lowest BCUT2D eigenvalue weighted by Gasteiger charge is -2.31. The van der Waals surface area contributed by atoms with E-state index in [0.29, 0.717) is 6.04 Å². The van der Waals surface area contributed by atoms with Gasteiger partial charge in [-0.05, 0) is 43.5 Å². The molecule has 1 heterocycles. The van der Waals surface area contributed by atoms with E-state index in [2.05, 4.69) is 41.2 Å². The maximum absolute atomic E-state index is 4.10. The van der Waals surface area contributed by atoms with Crippen molar-refractivity contribution in [2.75, 3.05) is 13.1 Å². The molecule has 0 amide bonds. The van der Waals surface area contributed by atoms with Crippen LogP contribution in [0.25, 0.3) is 0 Å². The number of hydrogen-bond acceptors (Lipinski definition) is 3. The second-order valence-electron chi connectivity index (χ2n) is 5.54. The number of hydrogen-bond donors (Lipinski definition) is 1. The van der Waals surface area contributed by atoms with Gasteiger partial charge >= 0.3 is 0 Å². The van der Waals surface area contributed by atoms with Gasteiger partial charge in [-0.15, -0.1) is 0 Å². The first-order chi connectivity index (χ1) is 9.33. The van der Waals surface area contributed by atoms with Crippen molar-refractivity contribution in [2.45, 2.75) is 58.2 Å². The summed E-state index contributed by atoms with van der Waals surface area (Å²) in [5.41, 5.74) is 1.37. The molecule has 1 unspecified atom stereocenters. The molecule has 0 saturated heterocycles. The van der Waals surface area contributed by atoms with Crippen molar-refractivity contribution in [1.82, 2.24) is 15.2 Å². The maximum atomic E-state index is 4.10. The summed E-state index contributed by atoms with van der Waals surface area (Å²) in [5.74, 6) is 0. The van der Waals surface area contributed by atoms with Crippen LogP contribution in [0, 0.1) is 0 Å². The Hall–Kier alpha value is -0.930. The largest absolute Gasteiger partial charge is 0.312 e. The van der Waals surface area contributed by atoms with E-state index in [0.717, 1.165) is 25.7 Å². The van der Waals surface area contributed by atoms with E-state index in [9.17, 15) is 0 Å². The first-order valence-corrected chi connectivity index (χ1v) is 7.69. The van der Waals surface area contributed by atoms with Crippen molar-refractivity contribution in [2.24, 2.45) is 0 Å². The number of rotatable bonds is 9. The van der Waals surface area contributed by atoms with Crippen molar-refractivity contribution >= 4 is 0 Å². The molecule has 1 fully saturated rings. The van der Waals surface area contributed by atoms with Crippen LogP contribution < -0.4 is 5.32 Å². The van der Waals surface area contributed by atoms with Gasteiger partial charge in [-0.25, -0.2) is 0 Å². The lowest BCUT2D eigenvalue weighted by atomic mass is 10.1. The van der Waals surface area contributed by atoms with Crippen LogP contribution in [-0.2, 0) is 6.54 Å². The molecule has 1 aliphatic carbocycles. The van der Waals surface area contributed by atoms with Crippen LogP contribution in [0.3, 0.4) is 0 Å². The van der Waals surface area contributed by atoms with Crippen molar-refractivity contribution in [1.29, 1.82) is 0 Å². The Morgan fingerprint density at radius 3 is 2.63 bits per heavy atom. The fourth-order valence-electron chi connectivity index (χ4n) is 2.56. The predicted molar refractivity (Wildman–Crippen MR) is 80.0 cm³/mol. The van der Waals surface area contributed by atoms with Crippen LogP contribution in [0.4, 0.5) is 0 Å². The molecule has 1 aromatic rings. The van der Waals surface area contributed by atoms with E-state index >= 15 is 0 Å². The monoisotopic (exact) mass is 261 g/mol. The molecule has 0 spiro atoms. The first kappa shape index (κ1) is 14.5. The summed E-state index contributed by atoms with van der Waals surface area (Å²) < 4.78 is 0. The van der Waals surface area contributed by atoms with Gasteiger partial charge in [0.1, 0.15) is 0 Å². The normalized spacial score (nSPS) is 16.8. The topological polar surface area (TPSA) is 28.2 Å². The Balaban J connectivity index is 1.90. The molecule has 1 aromatic heterocycles. The summed E-state index contributed by atoms with van der Waals surface area (Å²) in [6, 6.07) is 5.71. The van der Waals surface area contributed by atoms with E-state index in [1.54, 1.807) is 0 Å². The average Bonchev–Trinajstić information content (AvgIpc) is 3.26. The van der Waals surface area contributed by atoms with Crippen LogP contribution in [0.5, 0.6) is 0 Å². The Morgan fingerprint density at radius 1 is 1.32 bits per heavy atom. The van der Waals surface area contributed by atoms with E-state index in [4.69, 9.17) is 0 Å². The van der Waals surface area contributed by atoms with Gasteiger partial charge in [0.25, 0.3) is 0 Å². The number of nitrogens with one attached hydrogen (secondary N) is 1. The fraction of sp³-hybridized carbons (Fsp3) is 0.688. The van der Waals surface area contributed by atoms with Crippen LogP contribution in [0.15, 0.2) is 24.5 Å². The molecule has 106 valence electrons. The second-order valence-corrected chi connectivity index (χ2v) is 5.54. The molecular weight excluding hydrogens is 234 g/mol. The highest BCUT2D eigenvalue weighted by Crippen LogP contribution is 2.19. The van der Waals surface area contributed by atoms with Gasteiger partial charge in [0.2, 0.25) is 0 Å². The molecular formula is C16H27N3. The molecule has 2 rings (SSSR count). The zero-order chi connectivity index (χ0) is 13.5. The molecule has 3 heteroatoms. The quantitative estimate of drug-likeness (QED) is 0.741. The zero-order valence-corrected chi connectivity index (χ0v) is 12.3. The summed E-state index contributed by atoms with van der Waals surface area (Å²) >= 11 is 0. The third-order valence-corrected chi connectivity index (χ3v) is 3.90. The summed E-state index contributed by atoms with van der Waals surface area (Å²) in [6.45, 7) is 7.83. The Bertz CT molecular complexity index is 348. The zero-order valence-electron chi connectivity index (χ0n) is 12.3. The average molecular weight is 261 g/mol. The molecule has 1 aliphatic rings. The lowest BCUT2D eigenvalue weighted by Crippen LogP contribution is -2.42. The van der Waals surface area contributed by atoms with Crippen molar-refractivity contribution in [3.05, 3.63) is 30.1 Å². The molecule has 19 heavy (non-hydrogen) atoms. The minimum atomic E-state index is 0.656. The SMILES string of the molecule is CCCC(CNC1CC1)N(CC)Cc1ccncc1. The van der Waals surface area contributed by atoms with Gasteiger partial charge in [0.05, 0.1) is 0 Å². The number of aromatic nitrogens is 1. The van der Waals surface area contributed by atoms with E-state index in [1.807, 2.05) is 12.4 Å². The van der Waals surface area contributed by atoms with Crippen molar-refractivity contribution < 1.29 is 0 Å². The first-order valence-electron chi connectivity index (χ1n) is 7.69. The van der Waals surface area contributed by atoms with Crippen LogP contribution in [-0.4, -0.2) is 35.1 Å². The Labute approximate surface area is 117 Å². The number of pyridine rings is 1. The highest BCUT2D eigenvalue weighted by atomic mass is 15.2. The third-order valence-electron chi connectivity index (χ3n) is 3.90. The molecule has 0 radical (unpaired) electrons. The molecule has 0 bridgehead atoms. The fourth-order valence-corrected chi connectivity index (χ4v) is 2.56. The summed E-state index contributed by atoms with van der Waals surface area (Å²) in [4.78, 5) is 6.69. The maximum Gasteiger partial charge on any atom is 0.0271 e. The van der Waals surface area contributed by atoms with Gasteiger partial charge in [0.15, 0.2) is 0 Å². The van der Waals surface area contributed by atoms with Gasteiger partial charge in [-0.2, -0.15) is 0 Å².